The topological polar surface area (TPSA) is 36.1 Å². The van der Waals surface area contributed by atoms with Gasteiger partial charge in [0.15, 0.2) is 0 Å². The van der Waals surface area contributed by atoms with Crippen LogP contribution in [0.15, 0.2) is 23.1 Å². The summed E-state index contributed by atoms with van der Waals surface area (Å²) in [6.07, 6.45) is 1.70. The molecule has 0 saturated heterocycles. The molecule has 1 fully saturated rings. The first-order valence-electron chi connectivity index (χ1n) is 5.53. The molecule has 1 atom stereocenters. The van der Waals surface area contributed by atoms with Crippen molar-refractivity contribution in [3.63, 3.8) is 0 Å². The molecule has 17 heavy (non-hydrogen) atoms. The second-order valence-electron chi connectivity index (χ2n) is 4.50. The number of hydrogen-bond donors (Lipinski definition) is 3. The number of alkyl halides is 1. The summed E-state index contributed by atoms with van der Waals surface area (Å²) >= 11 is 7.43. The molecule has 1 aliphatic carbocycles. The van der Waals surface area contributed by atoms with Crippen molar-refractivity contribution in [2.24, 2.45) is 0 Å². The predicted molar refractivity (Wildman–Crippen MR) is 68.9 cm³/mol. The minimum Gasteiger partial charge on any atom is -0.356 e. The van der Waals surface area contributed by atoms with E-state index in [-0.39, 0.29) is 18.5 Å². The molecule has 0 aromatic heterocycles. The van der Waals surface area contributed by atoms with Crippen LogP contribution in [-0.2, 0) is 0 Å². The monoisotopic (exact) mass is 273 g/mol. The van der Waals surface area contributed by atoms with Gasteiger partial charge < -0.3 is 5.32 Å². The van der Waals surface area contributed by atoms with E-state index in [2.05, 4.69) is 15.4 Å². The molecule has 0 radical (unpaired) electrons. The van der Waals surface area contributed by atoms with E-state index in [1.54, 1.807) is 0 Å². The Morgan fingerprint density at radius 2 is 2.35 bits per heavy atom. The molecule has 2 aliphatic rings. The molecule has 0 spiro atoms. The molecule has 1 saturated carbocycles. The Hall–Kier alpha value is -0.490. The Bertz CT molecular complexity index is 439. The van der Waals surface area contributed by atoms with Crippen molar-refractivity contribution in [1.29, 1.82) is 0 Å². The molecule has 3 N–H and O–H groups in total. The van der Waals surface area contributed by atoms with Gasteiger partial charge in [0.2, 0.25) is 0 Å². The van der Waals surface area contributed by atoms with Crippen molar-refractivity contribution in [2.75, 3.05) is 12.0 Å². The van der Waals surface area contributed by atoms with Crippen LogP contribution in [0.3, 0.4) is 0 Å². The van der Waals surface area contributed by atoms with Gasteiger partial charge in [0.05, 0.1) is 5.69 Å². The Morgan fingerprint density at radius 3 is 3.06 bits per heavy atom. The van der Waals surface area contributed by atoms with Crippen LogP contribution in [-0.4, -0.2) is 18.5 Å². The van der Waals surface area contributed by atoms with Crippen LogP contribution in [0, 0.1) is 0 Å². The van der Waals surface area contributed by atoms with Crippen molar-refractivity contribution in [1.82, 2.24) is 10.0 Å². The van der Waals surface area contributed by atoms with E-state index in [0.29, 0.717) is 5.02 Å². The van der Waals surface area contributed by atoms with Gasteiger partial charge in [0, 0.05) is 15.5 Å². The lowest BCUT2D eigenvalue weighted by molar-refractivity contribution is 0.330. The number of rotatable bonds is 3. The van der Waals surface area contributed by atoms with E-state index in [0.717, 1.165) is 23.4 Å². The van der Waals surface area contributed by atoms with E-state index in [9.17, 15) is 4.39 Å². The number of nitrogens with one attached hydrogen (secondary N) is 3. The minimum absolute atomic E-state index is 0.105. The summed E-state index contributed by atoms with van der Waals surface area (Å²) in [4.78, 5) is 1.06. The first-order valence-corrected chi connectivity index (χ1v) is 6.72. The lowest BCUT2D eigenvalue weighted by Gasteiger charge is -2.30. The maximum Gasteiger partial charge on any atom is 0.142 e. The van der Waals surface area contributed by atoms with Gasteiger partial charge in [0.1, 0.15) is 13.0 Å². The fourth-order valence-electron chi connectivity index (χ4n) is 1.85. The van der Waals surface area contributed by atoms with E-state index < -0.39 is 0 Å². The van der Waals surface area contributed by atoms with E-state index in [1.165, 1.54) is 11.9 Å². The first-order chi connectivity index (χ1) is 8.21. The Morgan fingerprint density at radius 1 is 1.53 bits per heavy atom. The lowest BCUT2D eigenvalue weighted by Crippen LogP contribution is -2.53. The highest BCUT2D eigenvalue weighted by Crippen LogP contribution is 2.38. The highest BCUT2D eigenvalue weighted by atomic mass is 35.5. The van der Waals surface area contributed by atoms with Crippen LogP contribution in [0.25, 0.3) is 0 Å². The average Bonchev–Trinajstić information content (AvgIpc) is 3.10. The largest absolute Gasteiger partial charge is 0.356 e. The maximum atomic E-state index is 12.8. The van der Waals surface area contributed by atoms with E-state index >= 15 is 0 Å². The molecule has 0 bridgehead atoms. The van der Waals surface area contributed by atoms with Crippen molar-refractivity contribution in [2.45, 2.75) is 29.6 Å². The third-order valence-electron chi connectivity index (χ3n) is 3.09. The van der Waals surface area contributed by atoms with E-state index in [1.807, 2.05) is 18.2 Å². The summed E-state index contributed by atoms with van der Waals surface area (Å²) in [6.45, 7) is -0.314. The van der Waals surface area contributed by atoms with Crippen LogP contribution in [0.4, 0.5) is 10.1 Å². The quantitative estimate of drug-likeness (QED) is 0.740. The van der Waals surface area contributed by atoms with Crippen LogP contribution in [0.2, 0.25) is 5.02 Å². The minimum atomic E-state index is -0.314. The normalized spacial score (nSPS) is 24.9. The molecular formula is C11H13ClFN3S. The molecule has 1 aromatic carbocycles. The molecule has 6 heteroatoms. The Labute approximate surface area is 109 Å². The van der Waals surface area contributed by atoms with Crippen molar-refractivity contribution < 1.29 is 4.39 Å². The van der Waals surface area contributed by atoms with Crippen LogP contribution in [0.1, 0.15) is 12.8 Å². The summed E-state index contributed by atoms with van der Waals surface area (Å²) in [5.74, 6) is 0. The average molecular weight is 274 g/mol. The van der Waals surface area contributed by atoms with Crippen molar-refractivity contribution in [3.05, 3.63) is 23.2 Å². The SMILES string of the molecule is FCC1(NC2NSc3cc(Cl)ccc3N2)CC1. The molecule has 1 aliphatic heterocycles. The zero-order valence-electron chi connectivity index (χ0n) is 9.09. The molecular weight excluding hydrogens is 261 g/mol. The Kier molecular flexibility index (Phi) is 2.94. The fraction of sp³-hybridized carbons (Fsp3) is 0.455. The van der Waals surface area contributed by atoms with Crippen LogP contribution >= 0.6 is 23.5 Å². The van der Waals surface area contributed by atoms with Gasteiger partial charge >= 0.3 is 0 Å². The van der Waals surface area contributed by atoms with Gasteiger partial charge in [-0.15, -0.1) is 0 Å². The number of hydrogen-bond acceptors (Lipinski definition) is 4. The summed E-state index contributed by atoms with van der Waals surface area (Å²) in [5.41, 5.74) is 0.708. The number of fused-ring (bicyclic) bond motifs is 1. The van der Waals surface area contributed by atoms with Gasteiger partial charge in [-0.3, -0.25) is 5.32 Å². The van der Waals surface area contributed by atoms with Gasteiger partial charge in [-0.1, -0.05) is 11.6 Å². The first kappa shape index (κ1) is 11.6. The number of benzene rings is 1. The van der Waals surface area contributed by atoms with Gasteiger partial charge in [-0.25, -0.2) is 9.11 Å². The number of anilines is 1. The zero-order valence-corrected chi connectivity index (χ0v) is 10.7. The van der Waals surface area contributed by atoms with Crippen molar-refractivity contribution in [3.8, 4) is 0 Å². The molecule has 92 valence electrons. The lowest BCUT2D eigenvalue weighted by atomic mass is 10.3. The van der Waals surface area contributed by atoms with Gasteiger partial charge in [-0.05, 0) is 43.0 Å². The van der Waals surface area contributed by atoms with Gasteiger partial charge in [-0.2, -0.15) is 0 Å². The number of halogens is 2. The second-order valence-corrected chi connectivity index (χ2v) is 5.81. The third-order valence-corrected chi connectivity index (χ3v) is 4.24. The Balaban J connectivity index is 1.70. The van der Waals surface area contributed by atoms with Gasteiger partial charge in [0.25, 0.3) is 0 Å². The third kappa shape index (κ3) is 2.38. The maximum absolute atomic E-state index is 12.8. The summed E-state index contributed by atoms with van der Waals surface area (Å²) < 4.78 is 16.0. The molecule has 1 heterocycles. The highest BCUT2D eigenvalue weighted by Gasteiger charge is 2.44. The summed E-state index contributed by atoms with van der Waals surface area (Å²) in [7, 11) is 0. The standard InChI is InChI=1S/C11H13ClFN3S/c12-7-1-2-8-9(5-7)17-16-10(14-8)15-11(6-13)3-4-11/h1-2,5,10,14-16H,3-4,6H2. The molecule has 3 nitrogen and oxygen atoms in total. The van der Waals surface area contributed by atoms with Crippen LogP contribution < -0.4 is 15.4 Å². The molecule has 0 amide bonds. The summed E-state index contributed by atoms with van der Waals surface area (Å²) in [6, 6.07) is 5.69. The molecule has 1 unspecified atom stereocenters. The van der Waals surface area contributed by atoms with Crippen molar-refractivity contribution >= 4 is 29.2 Å². The van der Waals surface area contributed by atoms with Crippen LogP contribution in [0.5, 0.6) is 0 Å². The highest BCUT2D eigenvalue weighted by molar-refractivity contribution is 7.97. The summed E-state index contributed by atoms with van der Waals surface area (Å²) in [5, 5.41) is 7.26. The predicted octanol–water partition coefficient (Wildman–Crippen LogP) is 2.74. The zero-order chi connectivity index (χ0) is 11.9. The smallest absolute Gasteiger partial charge is 0.142 e. The second kappa shape index (κ2) is 4.31. The fourth-order valence-corrected chi connectivity index (χ4v) is 2.87. The molecule has 1 aromatic rings. The molecule has 3 rings (SSSR count). The van der Waals surface area contributed by atoms with E-state index in [4.69, 9.17) is 11.6 Å².